The SMILES string of the molecule is c1ccc2c(c1)Sc1ccccc1N2c1ccc2c(c1)C1(c3ccccc3-2)c2ccccc2-c2c(N3c4ccccc4Sc4ccccc43)cccc21. The topological polar surface area (TPSA) is 6.48 Å². The van der Waals surface area contributed by atoms with E-state index < -0.39 is 5.41 Å². The van der Waals surface area contributed by atoms with Crippen LogP contribution in [0.4, 0.5) is 34.1 Å². The van der Waals surface area contributed by atoms with E-state index in [1.54, 1.807) is 0 Å². The molecule has 4 aliphatic rings. The standard InChI is InChI=1S/C49H30N2S2/c1-3-16-35-32(14-1)33-29-28-31(50-39-19-5-9-24-44(39)52-45-25-10-6-20-40(45)50)30-38(33)49(35)36-17-4-2-15-34(36)48-37(49)18-13-23-43(48)51-41-21-7-11-26-46(41)53-47-27-12-8-22-42(47)51/h1-30H. The summed E-state index contributed by atoms with van der Waals surface area (Å²) in [6.07, 6.45) is 0. The van der Waals surface area contributed by atoms with Gasteiger partial charge in [0.1, 0.15) is 0 Å². The molecule has 2 aliphatic heterocycles. The second-order valence-corrected chi connectivity index (χ2v) is 16.2. The van der Waals surface area contributed by atoms with Crippen molar-refractivity contribution in [2.24, 2.45) is 0 Å². The highest BCUT2D eigenvalue weighted by molar-refractivity contribution is 8.00. The first-order valence-electron chi connectivity index (χ1n) is 18.1. The van der Waals surface area contributed by atoms with Gasteiger partial charge in [-0.25, -0.2) is 0 Å². The van der Waals surface area contributed by atoms with Crippen molar-refractivity contribution in [1.82, 2.24) is 0 Å². The van der Waals surface area contributed by atoms with Crippen LogP contribution in [0.3, 0.4) is 0 Å². The van der Waals surface area contributed by atoms with E-state index in [-0.39, 0.29) is 0 Å². The second kappa shape index (κ2) is 11.0. The Bertz CT molecular complexity index is 2750. The Morgan fingerprint density at radius 2 is 0.755 bits per heavy atom. The van der Waals surface area contributed by atoms with Gasteiger partial charge in [0.2, 0.25) is 0 Å². The summed E-state index contributed by atoms with van der Waals surface area (Å²) in [5.41, 5.74) is 17.3. The summed E-state index contributed by atoms with van der Waals surface area (Å²) in [6, 6.07) is 67.8. The first kappa shape index (κ1) is 29.6. The molecule has 1 unspecified atom stereocenters. The molecule has 2 aliphatic carbocycles. The molecule has 12 rings (SSSR count). The van der Waals surface area contributed by atoms with Gasteiger partial charge in [0, 0.05) is 30.8 Å². The highest BCUT2D eigenvalue weighted by Gasteiger charge is 2.53. The van der Waals surface area contributed by atoms with E-state index in [2.05, 4.69) is 192 Å². The Morgan fingerprint density at radius 3 is 1.36 bits per heavy atom. The number of rotatable bonds is 2. The van der Waals surface area contributed by atoms with Gasteiger partial charge in [0.15, 0.2) is 0 Å². The number of fused-ring (bicyclic) bond motifs is 14. The van der Waals surface area contributed by atoms with Gasteiger partial charge in [-0.1, -0.05) is 139 Å². The van der Waals surface area contributed by atoms with Crippen LogP contribution < -0.4 is 9.80 Å². The first-order chi connectivity index (χ1) is 26.3. The van der Waals surface area contributed by atoms with Crippen molar-refractivity contribution in [2.45, 2.75) is 25.0 Å². The number of hydrogen-bond donors (Lipinski definition) is 0. The van der Waals surface area contributed by atoms with Crippen molar-refractivity contribution >= 4 is 57.6 Å². The van der Waals surface area contributed by atoms with Crippen molar-refractivity contribution in [1.29, 1.82) is 0 Å². The van der Waals surface area contributed by atoms with Gasteiger partial charge >= 0.3 is 0 Å². The number of nitrogens with zero attached hydrogens (tertiary/aromatic N) is 2. The molecule has 0 aromatic heterocycles. The number of anilines is 6. The predicted octanol–water partition coefficient (Wildman–Crippen LogP) is 13.9. The van der Waals surface area contributed by atoms with Gasteiger partial charge < -0.3 is 9.80 Å². The molecular weight excluding hydrogens is 681 g/mol. The van der Waals surface area contributed by atoms with E-state index in [1.807, 2.05) is 23.5 Å². The van der Waals surface area contributed by atoms with Crippen LogP contribution in [0, 0.1) is 0 Å². The highest BCUT2D eigenvalue weighted by atomic mass is 32.2. The lowest BCUT2D eigenvalue weighted by atomic mass is 9.70. The lowest BCUT2D eigenvalue weighted by molar-refractivity contribution is 0.793. The van der Waals surface area contributed by atoms with Crippen molar-refractivity contribution < 1.29 is 0 Å². The first-order valence-corrected chi connectivity index (χ1v) is 19.7. The maximum Gasteiger partial charge on any atom is 0.0727 e. The fourth-order valence-corrected chi connectivity index (χ4v) is 11.5. The number of hydrogen-bond acceptors (Lipinski definition) is 4. The molecule has 1 spiro atoms. The van der Waals surface area contributed by atoms with Crippen molar-refractivity contribution in [2.75, 3.05) is 9.80 Å². The van der Waals surface area contributed by atoms with Gasteiger partial charge in [0.25, 0.3) is 0 Å². The second-order valence-electron chi connectivity index (χ2n) is 14.0. The summed E-state index contributed by atoms with van der Waals surface area (Å²) >= 11 is 3.71. The molecule has 2 heterocycles. The molecule has 0 fully saturated rings. The Labute approximate surface area is 317 Å². The molecule has 0 N–H and O–H groups in total. The fraction of sp³-hybridized carbons (Fsp3) is 0.0204. The predicted molar refractivity (Wildman–Crippen MR) is 220 cm³/mol. The third-order valence-corrected chi connectivity index (χ3v) is 13.7. The minimum atomic E-state index is -0.489. The van der Waals surface area contributed by atoms with Gasteiger partial charge in [0.05, 0.1) is 33.9 Å². The average Bonchev–Trinajstić information content (AvgIpc) is 3.69. The van der Waals surface area contributed by atoms with Gasteiger partial charge in [-0.15, -0.1) is 0 Å². The summed E-state index contributed by atoms with van der Waals surface area (Å²) in [6.45, 7) is 0. The lowest BCUT2D eigenvalue weighted by Gasteiger charge is -2.36. The normalized spacial score (nSPS) is 16.5. The minimum absolute atomic E-state index is 0.489. The summed E-state index contributed by atoms with van der Waals surface area (Å²) < 4.78 is 0. The molecule has 0 amide bonds. The number of para-hydroxylation sites is 4. The van der Waals surface area contributed by atoms with Crippen LogP contribution in [0.25, 0.3) is 22.3 Å². The van der Waals surface area contributed by atoms with Crippen LogP contribution in [0.2, 0.25) is 0 Å². The summed E-state index contributed by atoms with van der Waals surface area (Å²) in [7, 11) is 0. The minimum Gasteiger partial charge on any atom is -0.308 e. The van der Waals surface area contributed by atoms with Crippen molar-refractivity contribution in [3.05, 3.63) is 204 Å². The van der Waals surface area contributed by atoms with Crippen LogP contribution in [0.1, 0.15) is 22.3 Å². The summed E-state index contributed by atoms with van der Waals surface area (Å²) in [5.74, 6) is 0. The maximum atomic E-state index is 2.51. The van der Waals surface area contributed by atoms with E-state index in [1.165, 1.54) is 98.2 Å². The van der Waals surface area contributed by atoms with E-state index in [0.29, 0.717) is 0 Å². The van der Waals surface area contributed by atoms with E-state index >= 15 is 0 Å². The number of benzene rings is 8. The largest absolute Gasteiger partial charge is 0.308 e. The quantitative estimate of drug-likeness (QED) is 0.176. The maximum absolute atomic E-state index is 2.51. The van der Waals surface area contributed by atoms with Gasteiger partial charge in [-0.3, -0.25) is 0 Å². The van der Waals surface area contributed by atoms with Crippen LogP contribution in [0.15, 0.2) is 202 Å². The van der Waals surface area contributed by atoms with E-state index in [0.717, 1.165) is 0 Å². The summed E-state index contributed by atoms with van der Waals surface area (Å²) in [5, 5.41) is 0. The van der Waals surface area contributed by atoms with Crippen LogP contribution in [-0.4, -0.2) is 0 Å². The Hall–Kier alpha value is -5.94. The zero-order valence-electron chi connectivity index (χ0n) is 28.5. The average molecular weight is 711 g/mol. The molecule has 8 aromatic carbocycles. The van der Waals surface area contributed by atoms with E-state index in [4.69, 9.17) is 0 Å². The van der Waals surface area contributed by atoms with Crippen LogP contribution in [0.5, 0.6) is 0 Å². The highest BCUT2D eigenvalue weighted by Crippen LogP contribution is 2.66. The zero-order chi connectivity index (χ0) is 34.7. The monoisotopic (exact) mass is 710 g/mol. The lowest BCUT2D eigenvalue weighted by Crippen LogP contribution is -2.26. The molecule has 0 saturated heterocycles. The zero-order valence-corrected chi connectivity index (χ0v) is 30.2. The third-order valence-electron chi connectivity index (χ3n) is 11.4. The molecule has 0 saturated carbocycles. The van der Waals surface area contributed by atoms with E-state index in [9.17, 15) is 0 Å². The van der Waals surface area contributed by atoms with Gasteiger partial charge in [-0.05, 0) is 106 Å². The Morgan fingerprint density at radius 1 is 0.321 bits per heavy atom. The smallest absolute Gasteiger partial charge is 0.0727 e. The summed E-state index contributed by atoms with van der Waals surface area (Å²) in [4.78, 5) is 10.1. The molecule has 0 radical (unpaired) electrons. The molecule has 0 bridgehead atoms. The van der Waals surface area contributed by atoms with Crippen LogP contribution in [-0.2, 0) is 5.41 Å². The van der Waals surface area contributed by atoms with Crippen LogP contribution >= 0.6 is 23.5 Å². The van der Waals surface area contributed by atoms with Crippen molar-refractivity contribution in [3.8, 4) is 22.3 Å². The fourth-order valence-electron chi connectivity index (χ4n) is 9.43. The van der Waals surface area contributed by atoms with Gasteiger partial charge in [-0.2, -0.15) is 0 Å². The molecule has 4 heteroatoms. The molecule has 2 nitrogen and oxygen atoms in total. The molecule has 1 atom stereocenters. The molecular formula is C49H30N2S2. The van der Waals surface area contributed by atoms with Crippen molar-refractivity contribution in [3.63, 3.8) is 0 Å². The Balaban J connectivity index is 1.16. The molecule has 53 heavy (non-hydrogen) atoms. The molecule has 248 valence electrons. The molecule has 8 aromatic rings. The Kier molecular flexibility index (Phi) is 6.17. The third kappa shape index (κ3) is 3.92.